The Hall–Kier alpha value is -1.62. The molecule has 1 aromatic rings. The maximum absolute atomic E-state index is 11.0. The molecule has 1 aliphatic heterocycles. The first kappa shape index (κ1) is 13.8. The minimum absolute atomic E-state index is 0.187. The molecule has 2 unspecified atom stereocenters. The lowest BCUT2D eigenvalue weighted by atomic mass is 9.90. The fraction of sp³-hybridized carbons (Fsp3) is 0.571. The van der Waals surface area contributed by atoms with E-state index in [-0.39, 0.29) is 16.7 Å². The fourth-order valence-electron chi connectivity index (χ4n) is 3.03. The molecule has 0 bridgehead atoms. The van der Waals surface area contributed by atoms with Gasteiger partial charge < -0.3 is 10.6 Å². The maximum Gasteiger partial charge on any atom is 0.274 e. The first-order valence-electron chi connectivity index (χ1n) is 6.77. The number of piperidine rings is 1. The molecule has 2 atom stereocenters. The number of benzene rings is 1. The van der Waals surface area contributed by atoms with Gasteiger partial charge in [0.05, 0.1) is 10.5 Å². The molecule has 104 valence electrons. The molecule has 1 heterocycles. The van der Waals surface area contributed by atoms with E-state index in [1.807, 2.05) is 13.0 Å². The van der Waals surface area contributed by atoms with Gasteiger partial charge in [0.25, 0.3) is 5.69 Å². The van der Waals surface area contributed by atoms with Crippen molar-refractivity contribution in [3.8, 4) is 0 Å². The van der Waals surface area contributed by atoms with Crippen LogP contribution in [0.2, 0.25) is 0 Å². The minimum atomic E-state index is -0.316. The number of hydrogen-bond acceptors (Lipinski definition) is 4. The van der Waals surface area contributed by atoms with Crippen molar-refractivity contribution >= 4 is 11.4 Å². The Labute approximate surface area is 113 Å². The van der Waals surface area contributed by atoms with E-state index in [1.54, 1.807) is 12.1 Å². The van der Waals surface area contributed by atoms with Crippen molar-refractivity contribution in [3.63, 3.8) is 0 Å². The van der Waals surface area contributed by atoms with Crippen molar-refractivity contribution in [2.45, 2.75) is 32.7 Å². The number of nitro benzene ring substituents is 1. The highest BCUT2D eigenvalue weighted by Gasteiger charge is 2.29. The first-order valence-corrected chi connectivity index (χ1v) is 6.77. The van der Waals surface area contributed by atoms with E-state index in [1.165, 1.54) is 6.42 Å². The van der Waals surface area contributed by atoms with E-state index in [0.29, 0.717) is 12.5 Å². The van der Waals surface area contributed by atoms with E-state index < -0.39 is 0 Å². The van der Waals surface area contributed by atoms with Crippen LogP contribution in [-0.2, 0) is 0 Å². The number of nitrogens with zero attached hydrogens (tertiary/aromatic N) is 2. The Balaban J connectivity index is 2.40. The van der Waals surface area contributed by atoms with Crippen molar-refractivity contribution in [2.24, 2.45) is 11.7 Å². The molecule has 0 saturated carbocycles. The van der Waals surface area contributed by atoms with Gasteiger partial charge in [0, 0.05) is 30.9 Å². The van der Waals surface area contributed by atoms with Gasteiger partial charge in [0.1, 0.15) is 0 Å². The zero-order valence-corrected chi connectivity index (χ0v) is 11.5. The second kappa shape index (κ2) is 5.57. The monoisotopic (exact) mass is 263 g/mol. The highest BCUT2D eigenvalue weighted by atomic mass is 16.6. The molecule has 1 aliphatic rings. The van der Waals surface area contributed by atoms with Crippen LogP contribution in [0, 0.1) is 23.0 Å². The first-order chi connectivity index (χ1) is 9.06. The van der Waals surface area contributed by atoms with Gasteiger partial charge in [0.2, 0.25) is 0 Å². The zero-order chi connectivity index (χ0) is 14.0. The molecule has 1 fully saturated rings. The van der Waals surface area contributed by atoms with Crippen LogP contribution in [0.3, 0.4) is 0 Å². The van der Waals surface area contributed by atoms with Crippen LogP contribution in [0.25, 0.3) is 0 Å². The third-order valence-electron chi connectivity index (χ3n) is 4.14. The quantitative estimate of drug-likeness (QED) is 0.671. The normalized spacial score (nSPS) is 23.4. The van der Waals surface area contributed by atoms with Gasteiger partial charge in [0.15, 0.2) is 0 Å². The lowest BCUT2D eigenvalue weighted by molar-refractivity contribution is -0.385. The molecule has 2 N–H and O–H groups in total. The Bertz CT molecular complexity index is 476. The average molecular weight is 263 g/mol. The van der Waals surface area contributed by atoms with Gasteiger partial charge in [-0.15, -0.1) is 0 Å². The van der Waals surface area contributed by atoms with E-state index >= 15 is 0 Å². The van der Waals surface area contributed by atoms with E-state index in [9.17, 15) is 10.1 Å². The topological polar surface area (TPSA) is 72.4 Å². The molecule has 0 radical (unpaired) electrons. The van der Waals surface area contributed by atoms with Crippen molar-refractivity contribution in [1.29, 1.82) is 0 Å². The Morgan fingerprint density at radius 3 is 2.89 bits per heavy atom. The second-order valence-corrected chi connectivity index (χ2v) is 5.29. The summed E-state index contributed by atoms with van der Waals surface area (Å²) in [5.41, 5.74) is 7.77. The van der Waals surface area contributed by atoms with Crippen molar-refractivity contribution in [1.82, 2.24) is 0 Å². The summed E-state index contributed by atoms with van der Waals surface area (Å²) in [6, 6.07) is 5.55. The van der Waals surface area contributed by atoms with Gasteiger partial charge in [-0.3, -0.25) is 10.1 Å². The standard InChI is InChI=1S/C14H21N3O2/c1-10-5-4-8-16(14(10)9-15)12-6-3-7-13(11(12)2)17(18)19/h3,6-7,10,14H,4-5,8-9,15H2,1-2H3. The van der Waals surface area contributed by atoms with Crippen LogP contribution in [-0.4, -0.2) is 24.1 Å². The molecule has 2 rings (SSSR count). The summed E-state index contributed by atoms with van der Waals surface area (Å²) in [6.07, 6.45) is 2.28. The number of nitro groups is 1. The average Bonchev–Trinajstić information content (AvgIpc) is 2.38. The largest absolute Gasteiger partial charge is 0.367 e. The van der Waals surface area contributed by atoms with Gasteiger partial charge in [-0.25, -0.2) is 0 Å². The molecule has 0 aromatic heterocycles. The number of rotatable bonds is 3. The van der Waals surface area contributed by atoms with Gasteiger partial charge in [-0.1, -0.05) is 13.0 Å². The van der Waals surface area contributed by atoms with Crippen molar-refractivity contribution in [2.75, 3.05) is 18.0 Å². The summed E-state index contributed by atoms with van der Waals surface area (Å²) in [4.78, 5) is 13.0. The van der Waals surface area contributed by atoms with Crippen LogP contribution >= 0.6 is 0 Å². The predicted octanol–water partition coefficient (Wildman–Crippen LogP) is 2.47. The molecule has 1 aromatic carbocycles. The summed E-state index contributed by atoms with van der Waals surface area (Å²) < 4.78 is 0. The van der Waals surface area contributed by atoms with Crippen LogP contribution in [0.4, 0.5) is 11.4 Å². The Kier molecular flexibility index (Phi) is 4.04. The van der Waals surface area contributed by atoms with Gasteiger partial charge >= 0.3 is 0 Å². The number of anilines is 1. The highest BCUT2D eigenvalue weighted by Crippen LogP contribution is 2.33. The van der Waals surface area contributed by atoms with E-state index in [0.717, 1.165) is 24.2 Å². The van der Waals surface area contributed by atoms with Gasteiger partial charge in [-0.05, 0) is 31.7 Å². The Morgan fingerprint density at radius 2 is 2.26 bits per heavy atom. The summed E-state index contributed by atoms with van der Waals surface area (Å²) in [5.74, 6) is 0.525. The number of nitrogens with two attached hydrogens (primary N) is 1. The lowest BCUT2D eigenvalue weighted by Crippen LogP contribution is -2.49. The van der Waals surface area contributed by atoms with E-state index in [4.69, 9.17) is 5.73 Å². The highest BCUT2D eigenvalue weighted by molar-refractivity contribution is 5.62. The summed E-state index contributed by atoms with van der Waals surface area (Å²) in [6.45, 7) is 5.54. The smallest absolute Gasteiger partial charge is 0.274 e. The molecule has 1 saturated heterocycles. The fourth-order valence-corrected chi connectivity index (χ4v) is 3.03. The van der Waals surface area contributed by atoms with E-state index in [2.05, 4.69) is 11.8 Å². The molecule has 0 aliphatic carbocycles. The van der Waals surface area contributed by atoms with Crippen molar-refractivity contribution in [3.05, 3.63) is 33.9 Å². The molecule has 0 spiro atoms. The number of hydrogen-bond donors (Lipinski definition) is 1. The van der Waals surface area contributed by atoms with Crippen LogP contribution in [0.1, 0.15) is 25.3 Å². The summed E-state index contributed by atoms with van der Waals surface area (Å²) in [7, 11) is 0. The molecule has 19 heavy (non-hydrogen) atoms. The third-order valence-corrected chi connectivity index (χ3v) is 4.14. The van der Waals surface area contributed by atoms with Crippen LogP contribution in [0.5, 0.6) is 0 Å². The van der Waals surface area contributed by atoms with Gasteiger partial charge in [-0.2, -0.15) is 0 Å². The summed E-state index contributed by atoms with van der Waals surface area (Å²) >= 11 is 0. The summed E-state index contributed by atoms with van der Waals surface area (Å²) in [5, 5.41) is 11.0. The third kappa shape index (κ3) is 2.56. The van der Waals surface area contributed by atoms with Crippen LogP contribution < -0.4 is 10.6 Å². The zero-order valence-electron chi connectivity index (χ0n) is 11.5. The molecular formula is C14H21N3O2. The Morgan fingerprint density at radius 1 is 1.53 bits per heavy atom. The van der Waals surface area contributed by atoms with Crippen molar-refractivity contribution < 1.29 is 4.92 Å². The second-order valence-electron chi connectivity index (χ2n) is 5.29. The maximum atomic E-state index is 11.0. The predicted molar refractivity (Wildman–Crippen MR) is 76.4 cm³/mol. The molecular weight excluding hydrogens is 242 g/mol. The lowest BCUT2D eigenvalue weighted by Gasteiger charge is -2.41. The van der Waals surface area contributed by atoms with Crippen LogP contribution in [0.15, 0.2) is 18.2 Å². The molecule has 5 heteroatoms. The molecule has 5 nitrogen and oxygen atoms in total. The molecule has 0 amide bonds. The minimum Gasteiger partial charge on any atom is -0.367 e. The SMILES string of the molecule is Cc1c(N2CCCC(C)C2CN)cccc1[N+](=O)[O-].